The number of urea groups is 1. The van der Waals surface area contributed by atoms with E-state index in [1.54, 1.807) is 30.3 Å². The van der Waals surface area contributed by atoms with Gasteiger partial charge in [0.25, 0.3) is 17.4 Å². The highest BCUT2D eigenvalue weighted by Crippen LogP contribution is 2.33. The molecule has 1 aliphatic carbocycles. The van der Waals surface area contributed by atoms with Crippen LogP contribution >= 0.6 is 0 Å². The van der Waals surface area contributed by atoms with Crippen LogP contribution in [0, 0.1) is 5.41 Å². The van der Waals surface area contributed by atoms with Crippen LogP contribution in [0.25, 0.3) is 0 Å². The summed E-state index contributed by atoms with van der Waals surface area (Å²) in [6.07, 6.45) is 0.781. The molecule has 1 aliphatic heterocycles. The van der Waals surface area contributed by atoms with Gasteiger partial charge in [-0.2, -0.15) is 5.01 Å². The average molecular weight is 422 g/mol. The number of hydrogen-bond acceptors (Lipinski definition) is 5. The summed E-state index contributed by atoms with van der Waals surface area (Å²) < 4.78 is 0. The molecule has 2 aliphatic rings. The van der Waals surface area contributed by atoms with Gasteiger partial charge < -0.3 is 10.3 Å². The molecule has 3 N–H and O–H groups in total. The van der Waals surface area contributed by atoms with Gasteiger partial charge in [-0.15, -0.1) is 0 Å². The molecule has 1 aromatic carbocycles. The van der Waals surface area contributed by atoms with Crippen molar-refractivity contribution in [2.24, 2.45) is 5.41 Å². The number of Topliss-reactive ketones (excluding diaryl/α,β-unsaturated/α-hetero) is 1. The van der Waals surface area contributed by atoms with Gasteiger partial charge in [-0.1, -0.05) is 44.2 Å². The third kappa shape index (κ3) is 3.41. The lowest BCUT2D eigenvalue weighted by molar-refractivity contribution is -0.132. The Morgan fingerprint density at radius 2 is 1.71 bits per heavy atom. The molecule has 31 heavy (non-hydrogen) atoms. The zero-order valence-corrected chi connectivity index (χ0v) is 17.4. The SMILES string of the molecule is CC1(C)CC(=O)c2cc(C(=O)NN3C(=O)NC(C)(c4ccccc4)C3=O)c(=O)[nH]c2C1. The molecule has 1 unspecified atom stereocenters. The van der Waals surface area contributed by atoms with E-state index in [0.717, 1.165) is 0 Å². The van der Waals surface area contributed by atoms with Gasteiger partial charge in [-0.05, 0) is 30.4 Å². The number of aromatic nitrogens is 1. The van der Waals surface area contributed by atoms with E-state index >= 15 is 0 Å². The maximum absolute atomic E-state index is 12.9. The van der Waals surface area contributed by atoms with E-state index in [1.807, 2.05) is 13.8 Å². The molecule has 2 aromatic rings. The first kappa shape index (κ1) is 20.5. The van der Waals surface area contributed by atoms with Crippen LogP contribution in [-0.2, 0) is 16.8 Å². The highest BCUT2D eigenvalue weighted by Gasteiger charge is 2.50. The van der Waals surface area contributed by atoms with Crippen molar-refractivity contribution in [3.8, 4) is 0 Å². The number of ketones is 1. The molecule has 0 bridgehead atoms. The van der Waals surface area contributed by atoms with Crippen LogP contribution in [0.1, 0.15) is 59.2 Å². The Morgan fingerprint density at radius 3 is 2.39 bits per heavy atom. The minimum Gasteiger partial charge on any atom is -0.325 e. The van der Waals surface area contributed by atoms with E-state index in [4.69, 9.17) is 0 Å². The number of hydrogen-bond donors (Lipinski definition) is 3. The number of imide groups is 1. The number of nitrogens with zero attached hydrogens (tertiary/aromatic N) is 1. The summed E-state index contributed by atoms with van der Waals surface area (Å²) in [5, 5.41) is 3.12. The number of benzene rings is 1. The van der Waals surface area contributed by atoms with Crippen molar-refractivity contribution < 1.29 is 19.2 Å². The summed E-state index contributed by atoms with van der Waals surface area (Å²) in [5.74, 6) is -1.82. The van der Waals surface area contributed by atoms with Gasteiger partial charge >= 0.3 is 6.03 Å². The van der Waals surface area contributed by atoms with Crippen LogP contribution in [0.3, 0.4) is 0 Å². The van der Waals surface area contributed by atoms with Crippen LogP contribution in [0.2, 0.25) is 0 Å². The van der Waals surface area contributed by atoms with E-state index in [2.05, 4.69) is 15.7 Å². The smallest absolute Gasteiger partial charge is 0.325 e. The van der Waals surface area contributed by atoms with Gasteiger partial charge in [0.15, 0.2) is 5.78 Å². The summed E-state index contributed by atoms with van der Waals surface area (Å²) in [6, 6.07) is 9.01. The molecule has 160 valence electrons. The summed E-state index contributed by atoms with van der Waals surface area (Å²) in [4.78, 5) is 65.7. The van der Waals surface area contributed by atoms with Crippen molar-refractivity contribution in [2.45, 2.75) is 39.2 Å². The number of carbonyl (C=O) groups is 4. The van der Waals surface area contributed by atoms with Gasteiger partial charge in [0.2, 0.25) is 0 Å². The van der Waals surface area contributed by atoms with E-state index in [-0.39, 0.29) is 28.7 Å². The normalized spacial score (nSPS) is 22.2. The average Bonchev–Trinajstić information content (AvgIpc) is 2.91. The predicted octanol–water partition coefficient (Wildman–Crippen LogP) is 1.64. The number of hydrazine groups is 1. The second-order valence-corrected chi connectivity index (χ2v) is 8.85. The lowest BCUT2D eigenvalue weighted by Gasteiger charge is -2.29. The largest absolute Gasteiger partial charge is 0.344 e. The minimum atomic E-state index is -1.37. The number of amides is 4. The quantitative estimate of drug-likeness (QED) is 0.648. The van der Waals surface area contributed by atoms with Gasteiger partial charge in [-0.3, -0.25) is 24.6 Å². The van der Waals surface area contributed by atoms with Crippen molar-refractivity contribution in [2.75, 3.05) is 0 Å². The molecule has 4 rings (SSSR count). The molecule has 0 saturated carbocycles. The minimum absolute atomic E-state index is 0.178. The molecule has 9 heteroatoms. The first-order valence-corrected chi connectivity index (χ1v) is 9.84. The Morgan fingerprint density at radius 1 is 1.03 bits per heavy atom. The number of nitrogens with one attached hydrogen (secondary N) is 3. The summed E-state index contributed by atoms with van der Waals surface area (Å²) in [7, 11) is 0. The van der Waals surface area contributed by atoms with Crippen LogP contribution in [0.4, 0.5) is 4.79 Å². The Balaban J connectivity index is 1.61. The first-order valence-electron chi connectivity index (χ1n) is 9.84. The molecule has 0 spiro atoms. The molecule has 1 aromatic heterocycles. The van der Waals surface area contributed by atoms with Crippen molar-refractivity contribution in [3.63, 3.8) is 0 Å². The van der Waals surface area contributed by atoms with Crippen LogP contribution in [-0.4, -0.2) is 33.6 Å². The van der Waals surface area contributed by atoms with Crippen molar-refractivity contribution >= 4 is 23.6 Å². The van der Waals surface area contributed by atoms with Crippen molar-refractivity contribution in [3.05, 3.63) is 69.1 Å². The lowest BCUT2D eigenvalue weighted by Crippen LogP contribution is -2.49. The van der Waals surface area contributed by atoms with Crippen LogP contribution in [0.15, 0.2) is 41.2 Å². The molecule has 9 nitrogen and oxygen atoms in total. The number of pyridine rings is 1. The van der Waals surface area contributed by atoms with Gasteiger partial charge in [0.05, 0.1) is 0 Å². The molecule has 1 saturated heterocycles. The molecule has 2 heterocycles. The first-order chi connectivity index (χ1) is 14.5. The van der Waals surface area contributed by atoms with E-state index in [0.29, 0.717) is 22.7 Å². The fraction of sp³-hybridized carbons (Fsp3) is 0.318. The third-order valence-electron chi connectivity index (χ3n) is 5.72. The highest BCUT2D eigenvalue weighted by atomic mass is 16.2. The fourth-order valence-corrected chi connectivity index (χ4v) is 4.07. The number of fused-ring (bicyclic) bond motifs is 1. The molecule has 0 radical (unpaired) electrons. The second-order valence-electron chi connectivity index (χ2n) is 8.85. The zero-order chi connectivity index (χ0) is 22.6. The predicted molar refractivity (Wildman–Crippen MR) is 110 cm³/mol. The Labute approximate surface area is 177 Å². The summed E-state index contributed by atoms with van der Waals surface area (Å²) >= 11 is 0. The fourth-order valence-electron chi connectivity index (χ4n) is 4.07. The standard InChI is InChI=1S/C22H22N4O5/c1-21(2)10-15-13(16(27)11-21)9-14(17(28)23-15)18(29)25-26-19(30)22(3,24-20(26)31)12-7-5-4-6-8-12/h4-9H,10-11H2,1-3H3,(H,23,28)(H,24,31)(H,25,29). The van der Waals surface area contributed by atoms with E-state index < -0.39 is 28.9 Å². The van der Waals surface area contributed by atoms with Crippen molar-refractivity contribution in [1.29, 1.82) is 0 Å². The maximum atomic E-state index is 12.9. The lowest BCUT2D eigenvalue weighted by atomic mass is 9.75. The van der Waals surface area contributed by atoms with Crippen LogP contribution < -0.4 is 16.3 Å². The number of carbonyl (C=O) groups excluding carboxylic acids is 4. The van der Waals surface area contributed by atoms with Gasteiger partial charge in [0, 0.05) is 17.7 Å². The van der Waals surface area contributed by atoms with Crippen LogP contribution in [0.5, 0.6) is 0 Å². The summed E-state index contributed by atoms with van der Waals surface area (Å²) in [6.45, 7) is 5.38. The topological polar surface area (TPSA) is 128 Å². The molecule has 4 amide bonds. The highest BCUT2D eigenvalue weighted by molar-refractivity contribution is 6.09. The number of rotatable bonds is 3. The third-order valence-corrected chi connectivity index (χ3v) is 5.72. The number of aromatic amines is 1. The number of H-pyrrole nitrogens is 1. The zero-order valence-electron chi connectivity index (χ0n) is 17.4. The molecule has 1 fully saturated rings. The van der Waals surface area contributed by atoms with E-state index in [9.17, 15) is 24.0 Å². The molecular formula is C22H22N4O5. The maximum Gasteiger partial charge on any atom is 0.344 e. The summed E-state index contributed by atoms with van der Waals surface area (Å²) in [5.41, 5.74) is 0.801. The van der Waals surface area contributed by atoms with Gasteiger partial charge in [0.1, 0.15) is 11.1 Å². The monoisotopic (exact) mass is 422 g/mol. The Bertz CT molecular complexity index is 1180. The van der Waals surface area contributed by atoms with Gasteiger partial charge in [-0.25, -0.2) is 4.79 Å². The molecule has 1 atom stereocenters. The van der Waals surface area contributed by atoms with Crippen molar-refractivity contribution in [1.82, 2.24) is 20.7 Å². The molecular weight excluding hydrogens is 400 g/mol. The van der Waals surface area contributed by atoms with E-state index in [1.165, 1.54) is 13.0 Å². The Kier molecular flexibility index (Phi) is 4.57. The second kappa shape index (κ2) is 6.90. The Hall–Kier alpha value is -3.75.